The van der Waals surface area contributed by atoms with Crippen molar-refractivity contribution in [1.82, 2.24) is 14.5 Å². The number of nitrogens with zero attached hydrogens (tertiary/aromatic N) is 3. The van der Waals surface area contributed by atoms with Gasteiger partial charge in [0, 0.05) is 12.2 Å². The minimum absolute atomic E-state index is 0.531. The molecule has 0 bridgehead atoms. The van der Waals surface area contributed by atoms with Crippen molar-refractivity contribution < 1.29 is 0 Å². The average Bonchev–Trinajstić information content (AvgIpc) is 2.43. The Kier molecular flexibility index (Phi) is 2.74. The van der Waals surface area contributed by atoms with Crippen LogP contribution in [0.5, 0.6) is 0 Å². The van der Waals surface area contributed by atoms with Crippen LogP contribution in [0, 0.1) is 13.8 Å². The van der Waals surface area contributed by atoms with Crippen LogP contribution in [0.2, 0.25) is 0 Å². The van der Waals surface area contributed by atoms with Crippen LogP contribution in [-0.4, -0.2) is 20.2 Å². The second kappa shape index (κ2) is 3.90. The monoisotopic (exact) mass is 221 g/mol. The summed E-state index contributed by atoms with van der Waals surface area (Å²) in [4.78, 5) is 9.04. The highest BCUT2D eigenvalue weighted by Gasteiger charge is 2.09. The number of hydrogen-bond acceptors (Lipinski definition) is 2. The molecule has 15 heavy (non-hydrogen) atoms. The number of pyridine rings is 1. The van der Waals surface area contributed by atoms with Gasteiger partial charge < -0.3 is 4.57 Å². The molecule has 4 heteroatoms. The number of imidazole rings is 1. The Labute approximate surface area is 92.1 Å². The van der Waals surface area contributed by atoms with Crippen LogP contribution in [0.15, 0.2) is 12.1 Å². The number of fused-ring (bicyclic) bond motifs is 1. The maximum Gasteiger partial charge on any atom is 0.160 e. The summed E-state index contributed by atoms with van der Waals surface area (Å²) in [5.74, 6) is 1.04. The van der Waals surface area contributed by atoms with Crippen LogP contribution in [0.3, 0.4) is 0 Å². The van der Waals surface area contributed by atoms with E-state index in [1.807, 2.05) is 26.0 Å². The van der Waals surface area contributed by atoms with E-state index in [0.717, 1.165) is 29.2 Å². The fourth-order valence-electron chi connectivity index (χ4n) is 1.72. The maximum absolute atomic E-state index is 4.54. The van der Waals surface area contributed by atoms with Gasteiger partial charge in [0.2, 0.25) is 0 Å². The Morgan fingerprint density at radius 2 is 2.07 bits per heavy atom. The molecule has 2 rings (SSSR count). The Balaban J connectivity index is 2.60. The molecule has 80 valence electrons. The first kappa shape index (κ1) is 10.6. The van der Waals surface area contributed by atoms with Crippen LogP contribution in [0.4, 0.5) is 0 Å². The lowest BCUT2D eigenvalue weighted by atomic mass is 10.3. The van der Waals surface area contributed by atoms with Gasteiger partial charge in [0.1, 0.15) is 11.3 Å². The second-order valence-electron chi connectivity index (χ2n) is 4.04. The van der Waals surface area contributed by atoms with Gasteiger partial charge in [-0.1, -0.05) is 6.92 Å². The summed E-state index contributed by atoms with van der Waals surface area (Å²) in [6.07, 6.45) is 0. The van der Waals surface area contributed by atoms with E-state index < -0.39 is 0 Å². The third-order valence-corrected chi connectivity index (χ3v) is 2.60. The van der Waals surface area contributed by atoms with Crippen molar-refractivity contribution in [2.45, 2.75) is 33.0 Å². The maximum atomic E-state index is 4.54. The number of aromatic nitrogens is 3. The summed E-state index contributed by atoms with van der Waals surface area (Å²) in [5.41, 5.74) is 3.56. The first-order chi connectivity index (χ1) is 7.08. The summed E-state index contributed by atoms with van der Waals surface area (Å²) < 4.78 is 2.18. The zero-order chi connectivity index (χ0) is 11.0. The summed E-state index contributed by atoms with van der Waals surface area (Å²) in [5, 5.41) is 0. The predicted octanol–water partition coefficient (Wildman–Crippen LogP) is 2.31. The van der Waals surface area contributed by atoms with Crippen molar-refractivity contribution in [3.05, 3.63) is 23.7 Å². The predicted molar refractivity (Wildman–Crippen MR) is 66.2 cm³/mol. The molecule has 0 N–H and O–H groups in total. The summed E-state index contributed by atoms with van der Waals surface area (Å²) >= 11 is 0. The third kappa shape index (κ3) is 2.03. The van der Waals surface area contributed by atoms with E-state index in [1.54, 1.807) is 0 Å². The Bertz CT molecular complexity index is 488. The molecular formula is C11H16N3P. The Morgan fingerprint density at radius 1 is 1.33 bits per heavy atom. The normalized spacial score (nSPS) is 13.3. The summed E-state index contributed by atoms with van der Waals surface area (Å²) in [7, 11) is 2.81. The van der Waals surface area contributed by atoms with Gasteiger partial charge in [-0.15, -0.1) is 9.24 Å². The van der Waals surface area contributed by atoms with Crippen molar-refractivity contribution in [2.75, 3.05) is 0 Å². The number of hydrogen-bond donors (Lipinski definition) is 0. The molecule has 0 aliphatic carbocycles. The third-order valence-electron chi connectivity index (χ3n) is 2.39. The van der Waals surface area contributed by atoms with E-state index in [1.165, 1.54) is 0 Å². The lowest BCUT2D eigenvalue weighted by molar-refractivity contribution is 0.682. The van der Waals surface area contributed by atoms with Crippen LogP contribution in [0.1, 0.15) is 18.4 Å². The molecule has 0 fully saturated rings. The smallest absolute Gasteiger partial charge is 0.160 e. The molecule has 2 aromatic rings. The minimum atomic E-state index is 0.531. The molecule has 0 spiro atoms. The molecule has 0 aliphatic rings. The number of aryl methyl sites for hydroxylation is 2. The fourth-order valence-corrected chi connectivity index (χ4v) is 1.93. The summed E-state index contributed by atoms with van der Waals surface area (Å²) in [6.45, 7) is 7.16. The van der Waals surface area contributed by atoms with Crippen molar-refractivity contribution in [1.29, 1.82) is 0 Å². The van der Waals surface area contributed by atoms with Crippen LogP contribution in [-0.2, 0) is 6.54 Å². The van der Waals surface area contributed by atoms with E-state index in [2.05, 4.69) is 30.7 Å². The van der Waals surface area contributed by atoms with Gasteiger partial charge in [-0.2, -0.15) is 0 Å². The lowest BCUT2D eigenvalue weighted by Gasteiger charge is -2.08. The van der Waals surface area contributed by atoms with E-state index in [9.17, 15) is 0 Å². The van der Waals surface area contributed by atoms with Crippen molar-refractivity contribution in [3.63, 3.8) is 0 Å². The highest BCUT2D eigenvalue weighted by Crippen LogP contribution is 2.16. The zero-order valence-electron chi connectivity index (χ0n) is 9.36. The van der Waals surface area contributed by atoms with Crippen molar-refractivity contribution >= 4 is 20.4 Å². The molecular weight excluding hydrogens is 205 g/mol. The van der Waals surface area contributed by atoms with Crippen LogP contribution >= 0.6 is 9.24 Å². The Morgan fingerprint density at radius 3 is 2.73 bits per heavy atom. The minimum Gasteiger partial charge on any atom is -0.312 e. The Hall–Kier alpha value is -0.950. The molecule has 0 aliphatic heterocycles. The van der Waals surface area contributed by atoms with Gasteiger partial charge in [0.05, 0.1) is 0 Å². The van der Waals surface area contributed by atoms with Gasteiger partial charge in [-0.05, 0) is 31.6 Å². The highest BCUT2D eigenvalue weighted by molar-refractivity contribution is 7.17. The van der Waals surface area contributed by atoms with E-state index in [0.29, 0.717) is 5.66 Å². The largest absolute Gasteiger partial charge is 0.312 e. The first-order valence-corrected chi connectivity index (χ1v) is 5.80. The number of rotatable bonds is 2. The van der Waals surface area contributed by atoms with Crippen LogP contribution in [0.25, 0.3) is 11.2 Å². The van der Waals surface area contributed by atoms with Crippen molar-refractivity contribution in [2.24, 2.45) is 0 Å². The standard InChI is InChI=1S/C11H16N3P/c1-7-4-5-10-11(12-7)14(6-8(2)15)9(3)13-10/h4-5,8H,6,15H2,1-3H3. The second-order valence-corrected chi connectivity index (χ2v) is 5.18. The summed E-state index contributed by atoms with van der Waals surface area (Å²) in [6, 6.07) is 4.04. The van der Waals surface area contributed by atoms with Gasteiger partial charge in [-0.25, -0.2) is 9.97 Å². The van der Waals surface area contributed by atoms with Crippen LogP contribution < -0.4 is 0 Å². The van der Waals surface area contributed by atoms with E-state index >= 15 is 0 Å². The molecule has 2 unspecified atom stereocenters. The van der Waals surface area contributed by atoms with E-state index in [4.69, 9.17) is 0 Å². The quantitative estimate of drug-likeness (QED) is 0.728. The lowest BCUT2D eigenvalue weighted by Crippen LogP contribution is -2.08. The van der Waals surface area contributed by atoms with E-state index in [-0.39, 0.29) is 0 Å². The zero-order valence-corrected chi connectivity index (χ0v) is 10.5. The highest BCUT2D eigenvalue weighted by atomic mass is 31.0. The molecule has 0 amide bonds. The molecule has 0 saturated carbocycles. The average molecular weight is 221 g/mol. The molecule has 0 radical (unpaired) electrons. The molecule has 2 aromatic heterocycles. The van der Waals surface area contributed by atoms with Gasteiger partial charge in [-0.3, -0.25) is 0 Å². The van der Waals surface area contributed by atoms with Gasteiger partial charge in [0.15, 0.2) is 5.65 Å². The SMILES string of the molecule is Cc1ccc2nc(C)n(CC(C)P)c2n1. The van der Waals surface area contributed by atoms with Gasteiger partial charge in [0.25, 0.3) is 0 Å². The first-order valence-electron chi connectivity index (χ1n) is 5.14. The molecule has 2 atom stereocenters. The topological polar surface area (TPSA) is 30.7 Å². The molecule has 3 nitrogen and oxygen atoms in total. The molecule has 0 saturated heterocycles. The van der Waals surface area contributed by atoms with Gasteiger partial charge >= 0.3 is 0 Å². The van der Waals surface area contributed by atoms with Crippen molar-refractivity contribution in [3.8, 4) is 0 Å². The molecule has 0 aromatic carbocycles. The molecule has 2 heterocycles. The fraction of sp³-hybridized carbons (Fsp3) is 0.455.